The standard InChI is InChI=1S/C32H45N3O4S/c1-19-12-10-13-20(2)26(19)28(29(36)34-27-21(3)14-11-15-22(27)4)35(25-18-23(25)5)30(37)24(16-17-40-9)33-31(38)39-32(6,7)8/h10-15,23-25,28H,16-18H2,1-9H3,(H,33,38)(H,34,36). The molecule has 0 heterocycles. The molecule has 0 aliphatic heterocycles. The van der Waals surface area contributed by atoms with Gasteiger partial charge in [0, 0.05) is 11.7 Å². The third-order valence-electron chi connectivity index (χ3n) is 7.35. The summed E-state index contributed by atoms with van der Waals surface area (Å²) < 4.78 is 5.50. The summed E-state index contributed by atoms with van der Waals surface area (Å²) in [6.07, 6.45) is 2.55. The zero-order valence-corrected chi connectivity index (χ0v) is 26.2. The van der Waals surface area contributed by atoms with Crippen LogP contribution in [0.15, 0.2) is 36.4 Å². The molecule has 40 heavy (non-hydrogen) atoms. The van der Waals surface area contributed by atoms with E-state index in [1.807, 2.05) is 70.3 Å². The fourth-order valence-electron chi connectivity index (χ4n) is 5.15. The molecule has 0 spiro atoms. The molecule has 4 atom stereocenters. The fourth-order valence-corrected chi connectivity index (χ4v) is 5.62. The molecule has 1 aliphatic rings. The van der Waals surface area contributed by atoms with Crippen LogP contribution in [-0.2, 0) is 14.3 Å². The van der Waals surface area contributed by atoms with Crippen molar-refractivity contribution in [2.75, 3.05) is 17.3 Å². The average molecular weight is 568 g/mol. The second-order valence-electron chi connectivity index (χ2n) is 12.0. The van der Waals surface area contributed by atoms with Crippen LogP contribution in [0.3, 0.4) is 0 Å². The van der Waals surface area contributed by atoms with Gasteiger partial charge in [-0.05, 0) is 107 Å². The van der Waals surface area contributed by atoms with Crippen molar-refractivity contribution in [2.24, 2.45) is 5.92 Å². The third-order valence-corrected chi connectivity index (χ3v) is 7.99. The summed E-state index contributed by atoms with van der Waals surface area (Å²) >= 11 is 1.60. The monoisotopic (exact) mass is 567 g/mol. The molecule has 4 unspecified atom stereocenters. The Morgan fingerprint density at radius 1 is 1.00 bits per heavy atom. The summed E-state index contributed by atoms with van der Waals surface area (Å²) in [4.78, 5) is 43.4. The first-order valence-electron chi connectivity index (χ1n) is 14.0. The maximum atomic E-state index is 14.5. The van der Waals surface area contributed by atoms with E-state index in [0.29, 0.717) is 12.2 Å². The molecule has 1 saturated carbocycles. The van der Waals surface area contributed by atoms with E-state index in [-0.39, 0.29) is 23.8 Å². The summed E-state index contributed by atoms with van der Waals surface area (Å²) in [5.74, 6) is 0.385. The average Bonchev–Trinajstić information content (AvgIpc) is 3.57. The Bertz CT molecular complexity index is 1200. The van der Waals surface area contributed by atoms with Crippen molar-refractivity contribution in [3.63, 3.8) is 0 Å². The van der Waals surface area contributed by atoms with Gasteiger partial charge in [0.1, 0.15) is 17.7 Å². The number of amides is 3. The molecule has 8 heteroatoms. The molecule has 0 radical (unpaired) electrons. The largest absolute Gasteiger partial charge is 0.444 e. The number of alkyl carbamates (subject to hydrolysis) is 1. The maximum absolute atomic E-state index is 14.5. The van der Waals surface area contributed by atoms with E-state index < -0.39 is 23.8 Å². The van der Waals surface area contributed by atoms with E-state index in [0.717, 1.165) is 39.9 Å². The van der Waals surface area contributed by atoms with Crippen LogP contribution < -0.4 is 10.6 Å². The van der Waals surface area contributed by atoms with Crippen molar-refractivity contribution in [3.8, 4) is 0 Å². The van der Waals surface area contributed by atoms with E-state index in [2.05, 4.69) is 17.6 Å². The first kappa shape index (κ1) is 31.5. The molecule has 0 bridgehead atoms. The Morgan fingerprint density at radius 2 is 1.52 bits per heavy atom. The molecule has 0 aromatic heterocycles. The molecule has 0 saturated heterocycles. The second-order valence-corrected chi connectivity index (χ2v) is 13.0. The van der Waals surface area contributed by atoms with Gasteiger partial charge in [-0.15, -0.1) is 0 Å². The molecule has 1 fully saturated rings. The molecule has 3 amide bonds. The van der Waals surface area contributed by atoms with Crippen LogP contribution in [0.1, 0.15) is 74.4 Å². The number of ether oxygens (including phenoxy) is 1. The van der Waals surface area contributed by atoms with Crippen molar-refractivity contribution >= 4 is 35.4 Å². The summed E-state index contributed by atoms with van der Waals surface area (Å²) in [5.41, 5.74) is 4.66. The number of rotatable bonds is 10. The summed E-state index contributed by atoms with van der Waals surface area (Å²) in [6.45, 7) is 15.3. The van der Waals surface area contributed by atoms with Crippen LogP contribution >= 0.6 is 11.8 Å². The van der Waals surface area contributed by atoms with Gasteiger partial charge in [0.2, 0.25) is 5.91 Å². The van der Waals surface area contributed by atoms with Gasteiger partial charge in [0.25, 0.3) is 5.91 Å². The van der Waals surface area contributed by atoms with Gasteiger partial charge in [-0.3, -0.25) is 9.59 Å². The van der Waals surface area contributed by atoms with E-state index in [1.165, 1.54) is 0 Å². The van der Waals surface area contributed by atoms with Crippen molar-refractivity contribution in [2.45, 2.75) is 92.0 Å². The lowest BCUT2D eigenvalue weighted by molar-refractivity contribution is -0.141. The summed E-state index contributed by atoms with van der Waals surface area (Å²) in [7, 11) is 0. The lowest BCUT2D eigenvalue weighted by atomic mass is 9.93. The van der Waals surface area contributed by atoms with E-state index in [1.54, 1.807) is 37.4 Å². The number of benzene rings is 2. The Labute approximate surface area is 243 Å². The van der Waals surface area contributed by atoms with E-state index >= 15 is 0 Å². The highest BCUT2D eigenvalue weighted by Crippen LogP contribution is 2.42. The van der Waals surface area contributed by atoms with Crippen molar-refractivity contribution in [3.05, 3.63) is 64.2 Å². The summed E-state index contributed by atoms with van der Waals surface area (Å²) in [5, 5.41) is 6.00. The van der Waals surface area contributed by atoms with Gasteiger partial charge < -0.3 is 20.3 Å². The number of hydrogen-bond acceptors (Lipinski definition) is 5. The Hall–Kier alpha value is -3.00. The highest BCUT2D eigenvalue weighted by Gasteiger charge is 2.48. The number of carbonyl (C=O) groups excluding carboxylic acids is 3. The van der Waals surface area contributed by atoms with Gasteiger partial charge in [-0.25, -0.2) is 4.79 Å². The van der Waals surface area contributed by atoms with E-state index in [4.69, 9.17) is 4.74 Å². The minimum atomic E-state index is -0.861. The van der Waals surface area contributed by atoms with Crippen LogP contribution in [0.4, 0.5) is 10.5 Å². The number of nitrogens with one attached hydrogen (secondary N) is 2. The normalized spacial score (nSPS) is 17.9. The Morgan fingerprint density at radius 3 is 2.00 bits per heavy atom. The molecule has 3 rings (SSSR count). The van der Waals surface area contributed by atoms with E-state index in [9.17, 15) is 14.4 Å². The van der Waals surface area contributed by atoms with Crippen LogP contribution in [0.5, 0.6) is 0 Å². The predicted molar refractivity (Wildman–Crippen MR) is 164 cm³/mol. The predicted octanol–water partition coefficient (Wildman–Crippen LogP) is 6.48. The topological polar surface area (TPSA) is 87.7 Å². The van der Waals surface area contributed by atoms with Crippen molar-refractivity contribution in [1.82, 2.24) is 10.2 Å². The molecule has 2 aromatic carbocycles. The van der Waals surface area contributed by atoms with Crippen LogP contribution in [0, 0.1) is 33.6 Å². The quantitative estimate of drug-likeness (QED) is 0.343. The molecule has 2 aromatic rings. The SMILES string of the molecule is CSCCC(NC(=O)OC(C)(C)C)C(=O)N(C(C(=O)Nc1c(C)cccc1C)c1c(C)cccc1C)C1CC1C. The first-order chi connectivity index (χ1) is 18.7. The van der Waals surface area contributed by atoms with Crippen molar-refractivity contribution < 1.29 is 19.1 Å². The number of anilines is 1. The van der Waals surface area contributed by atoms with Crippen LogP contribution in [0.2, 0.25) is 0 Å². The highest BCUT2D eigenvalue weighted by molar-refractivity contribution is 7.98. The Kier molecular flexibility index (Phi) is 10.3. The molecular formula is C32H45N3O4S. The zero-order valence-electron chi connectivity index (χ0n) is 25.4. The van der Waals surface area contributed by atoms with Crippen LogP contribution in [-0.4, -0.2) is 52.5 Å². The third kappa shape index (κ3) is 7.80. The van der Waals surface area contributed by atoms with Gasteiger partial charge in [-0.2, -0.15) is 11.8 Å². The number of carbonyl (C=O) groups is 3. The summed E-state index contributed by atoms with van der Waals surface area (Å²) in [6, 6.07) is 10.0. The lowest BCUT2D eigenvalue weighted by Crippen LogP contribution is -2.53. The molecule has 7 nitrogen and oxygen atoms in total. The van der Waals surface area contributed by atoms with Crippen LogP contribution in [0.25, 0.3) is 0 Å². The smallest absolute Gasteiger partial charge is 0.408 e. The fraction of sp³-hybridized carbons (Fsp3) is 0.531. The molecule has 1 aliphatic carbocycles. The van der Waals surface area contributed by atoms with Gasteiger partial charge in [0.05, 0.1) is 0 Å². The number of thioether (sulfide) groups is 1. The second kappa shape index (κ2) is 13.1. The number of aryl methyl sites for hydroxylation is 4. The minimum Gasteiger partial charge on any atom is -0.444 e. The van der Waals surface area contributed by atoms with Crippen molar-refractivity contribution in [1.29, 1.82) is 0 Å². The molecule has 2 N–H and O–H groups in total. The number of nitrogens with zero attached hydrogens (tertiary/aromatic N) is 1. The van der Waals surface area contributed by atoms with Gasteiger partial charge >= 0.3 is 6.09 Å². The minimum absolute atomic E-state index is 0.113. The zero-order chi connectivity index (χ0) is 29.8. The van der Waals surface area contributed by atoms with Gasteiger partial charge in [0.15, 0.2) is 0 Å². The number of hydrogen-bond donors (Lipinski definition) is 2. The number of para-hydroxylation sites is 1. The maximum Gasteiger partial charge on any atom is 0.408 e. The lowest BCUT2D eigenvalue weighted by Gasteiger charge is -2.36. The molecule has 218 valence electrons. The van der Waals surface area contributed by atoms with Gasteiger partial charge in [-0.1, -0.05) is 43.3 Å². The highest BCUT2D eigenvalue weighted by atomic mass is 32.2. The Balaban J connectivity index is 2.10. The first-order valence-corrected chi connectivity index (χ1v) is 15.4. The molecular weight excluding hydrogens is 522 g/mol.